The highest BCUT2D eigenvalue weighted by Crippen LogP contribution is 2.33. The number of hydrogen-bond donors (Lipinski definition) is 1. The molecule has 6 heteroatoms. The molecule has 32 heavy (non-hydrogen) atoms. The third-order valence-corrected chi connectivity index (χ3v) is 5.83. The van der Waals surface area contributed by atoms with Gasteiger partial charge in [0.25, 0.3) is 5.91 Å². The van der Waals surface area contributed by atoms with Gasteiger partial charge in [-0.3, -0.25) is 4.79 Å². The van der Waals surface area contributed by atoms with Crippen molar-refractivity contribution in [3.8, 4) is 11.8 Å². The zero-order chi connectivity index (χ0) is 23.1. The molecule has 1 amide bonds. The molecule has 3 aromatic rings. The second kappa shape index (κ2) is 11.0. The number of hydrogen-bond acceptors (Lipinski definition) is 3. The second-order valence-electron chi connectivity index (χ2n) is 7.17. The summed E-state index contributed by atoms with van der Waals surface area (Å²) in [5.41, 5.74) is 4.26. The predicted molar refractivity (Wildman–Crippen MR) is 133 cm³/mol. The van der Waals surface area contributed by atoms with Crippen LogP contribution >= 0.6 is 27.5 Å². The van der Waals surface area contributed by atoms with Crippen molar-refractivity contribution in [2.75, 3.05) is 11.9 Å². The average Bonchev–Trinajstić information content (AvgIpc) is 2.75. The van der Waals surface area contributed by atoms with Gasteiger partial charge in [0.2, 0.25) is 0 Å². The Morgan fingerprint density at radius 2 is 1.97 bits per heavy atom. The molecule has 0 spiro atoms. The highest BCUT2D eigenvalue weighted by molar-refractivity contribution is 9.10. The van der Waals surface area contributed by atoms with E-state index in [1.54, 1.807) is 12.1 Å². The molecule has 0 saturated heterocycles. The van der Waals surface area contributed by atoms with Crippen molar-refractivity contribution in [1.82, 2.24) is 0 Å². The second-order valence-corrected chi connectivity index (χ2v) is 8.44. The molecule has 3 rings (SSSR count). The molecule has 0 radical (unpaired) electrons. The fraction of sp³-hybridized carbons (Fsp3) is 0.154. The SMILES string of the molecule is CCOc1cc(/C=C(\C#N)C(=O)Nc2cccc(C)c2)cc(Br)c1Cc1ccccc1Cl. The summed E-state index contributed by atoms with van der Waals surface area (Å²) >= 11 is 9.96. The summed E-state index contributed by atoms with van der Waals surface area (Å²) in [4.78, 5) is 12.6. The summed E-state index contributed by atoms with van der Waals surface area (Å²) in [6.45, 7) is 4.33. The lowest BCUT2D eigenvalue weighted by atomic mass is 10.0. The van der Waals surface area contributed by atoms with E-state index in [1.165, 1.54) is 0 Å². The number of anilines is 1. The Morgan fingerprint density at radius 3 is 2.66 bits per heavy atom. The smallest absolute Gasteiger partial charge is 0.266 e. The number of carbonyl (C=O) groups excluding carboxylic acids is 1. The van der Waals surface area contributed by atoms with Crippen molar-refractivity contribution in [3.05, 3.63) is 98.0 Å². The normalized spacial score (nSPS) is 11.0. The molecular formula is C26H22BrClN2O2. The Balaban J connectivity index is 1.92. The first-order chi connectivity index (χ1) is 15.4. The van der Waals surface area contributed by atoms with Gasteiger partial charge in [-0.15, -0.1) is 0 Å². The van der Waals surface area contributed by atoms with E-state index < -0.39 is 5.91 Å². The van der Waals surface area contributed by atoms with Crippen LogP contribution in [0.15, 0.2) is 70.7 Å². The van der Waals surface area contributed by atoms with Crippen LogP contribution in [0, 0.1) is 18.3 Å². The van der Waals surface area contributed by atoms with Crippen molar-refractivity contribution in [3.63, 3.8) is 0 Å². The van der Waals surface area contributed by atoms with Gasteiger partial charge < -0.3 is 10.1 Å². The zero-order valence-corrected chi connectivity index (χ0v) is 20.1. The van der Waals surface area contributed by atoms with Crippen LogP contribution in [0.3, 0.4) is 0 Å². The van der Waals surface area contributed by atoms with E-state index in [1.807, 2.05) is 74.5 Å². The molecule has 0 bridgehead atoms. The van der Waals surface area contributed by atoms with E-state index >= 15 is 0 Å². The largest absolute Gasteiger partial charge is 0.494 e. The van der Waals surface area contributed by atoms with Gasteiger partial charge in [-0.2, -0.15) is 5.26 Å². The third kappa shape index (κ3) is 6.00. The Bertz CT molecular complexity index is 1210. The number of rotatable bonds is 7. The van der Waals surface area contributed by atoms with Gasteiger partial charge in [0.15, 0.2) is 0 Å². The number of amides is 1. The van der Waals surface area contributed by atoms with Crippen LogP contribution in [0.1, 0.15) is 29.2 Å². The van der Waals surface area contributed by atoms with E-state index in [2.05, 4.69) is 21.2 Å². The molecule has 162 valence electrons. The summed E-state index contributed by atoms with van der Waals surface area (Å²) in [6, 6.07) is 20.8. The molecule has 0 atom stereocenters. The van der Waals surface area contributed by atoms with Crippen LogP contribution in [-0.4, -0.2) is 12.5 Å². The van der Waals surface area contributed by atoms with Crippen LogP contribution in [0.2, 0.25) is 5.02 Å². The van der Waals surface area contributed by atoms with Crippen LogP contribution in [0.25, 0.3) is 6.08 Å². The van der Waals surface area contributed by atoms with Gasteiger partial charge >= 0.3 is 0 Å². The first-order valence-electron chi connectivity index (χ1n) is 10.1. The Kier molecular flexibility index (Phi) is 8.10. The number of carbonyl (C=O) groups is 1. The van der Waals surface area contributed by atoms with E-state index in [-0.39, 0.29) is 5.57 Å². The fourth-order valence-electron chi connectivity index (χ4n) is 3.24. The number of nitrogens with one attached hydrogen (secondary N) is 1. The van der Waals surface area contributed by atoms with Crippen LogP contribution in [-0.2, 0) is 11.2 Å². The molecular weight excluding hydrogens is 488 g/mol. The minimum atomic E-state index is -0.465. The van der Waals surface area contributed by atoms with Gasteiger partial charge in [0.1, 0.15) is 17.4 Å². The minimum Gasteiger partial charge on any atom is -0.494 e. The lowest BCUT2D eigenvalue weighted by Gasteiger charge is -2.15. The van der Waals surface area contributed by atoms with Crippen LogP contribution < -0.4 is 10.1 Å². The van der Waals surface area contributed by atoms with E-state index in [0.717, 1.165) is 21.2 Å². The summed E-state index contributed by atoms with van der Waals surface area (Å²) in [6.07, 6.45) is 2.14. The minimum absolute atomic E-state index is 0.000270. The number of aryl methyl sites for hydroxylation is 1. The zero-order valence-electron chi connectivity index (χ0n) is 17.8. The van der Waals surface area contributed by atoms with Gasteiger partial charge in [-0.05, 0) is 66.9 Å². The molecule has 0 aliphatic heterocycles. The third-order valence-electron chi connectivity index (χ3n) is 4.75. The molecule has 1 N–H and O–H groups in total. The quantitative estimate of drug-likeness (QED) is 0.277. The Labute approximate surface area is 201 Å². The van der Waals surface area contributed by atoms with E-state index in [4.69, 9.17) is 16.3 Å². The molecule has 0 aliphatic rings. The Hall–Kier alpha value is -3.07. The average molecular weight is 510 g/mol. The van der Waals surface area contributed by atoms with Crippen LogP contribution in [0.4, 0.5) is 5.69 Å². The number of halogens is 2. The monoisotopic (exact) mass is 508 g/mol. The number of ether oxygens (including phenoxy) is 1. The predicted octanol–water partition coefficient (Wildman–Crippen LogP) is 6.95. The van der Waals surface area contributed by atoms with Gasteiger partial charge in [0.05, 0.1) is 6.61 Å². The highest BCUT2D eigenvalue weighted by atomic mass is 79.9. The summed E-state index contributed by atoms with van der Waals surface area (Å²) in [5.74, 6) is 0.205. The molecule has 3 aromatic carbocycles. The molecule has 4 nitrogen and oxygen atoms in total. The molecule has 0 fully saturated rings. The lowest BCUT2D eigenvalue weighted by Crippen LogP contribution is -2.13. The topological polar surface area (TPSA) is 62.1 Å². The first kappa shape index (κ1) is 23.6. The summed E-state index contributed by atoms with van der Waals surface area (Å²) in [5, 5.41) is 13.0. The van der Waals surface area contributed by atoms with Gasteiger partial charge in [-0.25, -0.2) is 0 Å². The number of nitrogens with zero attached hydrogens (tertiary/aromatic N) is 1. The Morgan fingerprint density at radius 1 is 1.19 bits per heavy atom. The van der Waals surface area contributed by atoms with Crippen molar-refractivity contribution >= 4 is 45.2 Å². The van der Waals surface area contributed by atoms with E-state index in [0.29, 0.717) is 35.1 Å². The van der Waals surface area contributed by atoms with Crippen molar-refractivity contribution < 1.29 is 9.53 Å². The molecule has 0 aliphatic carbocycles. The summed E-state index contributed by atoms with van der Waals surface area (Å²) < 4.78 is 6.68. The van der Waals surface area contributed by atoms with Gasteiger partial charge in [0, 0.05) is 27.2 Å². The number of nitriles is 1. The van der Waals surface area contributed by atoms with E-state index in [9.17, 15) is 10.1 Å². The maximum Gasteiger partial charge on any atom is 0.266 e. The molecule has 0 unspecified atom stereocenters. The highest BCUT2D eigenvalue weighted by Gasteiger charge is 2.15. The summed E-state index contributed by atoms with van der Waals surface area (Å²) in [7, 11) is 0. The molecule has 0 heterocycles. The fourth-order valence-corrected chi connectivity index (χ4v) is 4.04. The maximum absolute atomic E-state index is 12.6. The molecule has 0 saturated carbocycles. The lowest BCUT2D eigenvalue weighted by molar-refractivity contribution is -0.112. The van der Waals surface area contributed by atoms with Crippen molar-refractivity contribution in [2.45, 2.75) is 20.3 Å². The van der Waals surface area contributed by atoms with Gasteiger partial charge in [-0.1, -0.05) is 57.9 Å². The maximum atomic E-state index is 12.6. The number of benzene rings is 3. The molecule has 0 aromatic heterocycles. The standard InChI is InChI=1S/C26H22BrClN2O2/c1-3-32-25-14-18(13-23(27)22(25)15-19-8-4-5-10-24(19)28)12-20(16-29)26(31)30-21-9-6-7-17(2)11-21/h4-14H,3,15H2,1-2H3,(H,30,31)/b20-12+. The van der Waals surface area contributed by atoms with Crippen LogP contribution in [0.5, 0.6) is 5.75 Å². The van der Waals surface area contributed by atoms with Crippen molar-refractivity contribution in [2.24, 2.45) is 0 Å². The first-order valence-corrected chi connectivity index (χ1v) is 11.3. The van der Waals surface area contributed by atoms with Crippen molar-refractivity contribution in [1.29, 1.82) is 5.26 Å².